The van der Waals surface area contributed by atoms with Gasteiger partial charge in [0.1, 0.15) is 12.7 Å². The summed E-state index contributed by atoms with van der Waals surface area (Å²) in [7, 11) is 0. The first-order chi connectivity index (χ1) is 9.61. The summed E-state index contributed by atoms with van der Waals surface area (Å²) in [5.41, 5.74) is 6.48. The molecule has 2 rings (SSSR count). The molecule has 0 bridgehead atoms. The molecule has 0 unspecified atom stereocenters. The van der Waals surface area contributed by atoms with Crippen molar-refractivity contribution in [3.63, 3.8) is 0 Å². The minimum atomic E-state index is -0.519. The Bertz CT molecular complexity index is 551. The molecule has 2 aromatic rings. The van der Waals surface area contributed by atoms with Crippen molar-refractivity contribution in [2.45, 2.75) is 26.3 Å². The van der Waals surface area contributed by atoms with E-state index in [0.29, 0.717) is 11.5 Å². The molecule has 3 N–H and O–H groups in total. The van der Waals surface area contributed by atoms with Gasteiger partial charge in [0.15, 0.2) is 5.82 Å². The molecule has 0 aromatic carbocycles. The van der Waals surface area contributed by atoms with Gasteiger partial charge in [-0.3, -0.25) is 4.79 Å². The standard InChI is InChI=1S/C13H18N6O/c1-3-9(2)12(14)13(20)18-10-4-5-11(16-6-10)19-8-15-7-17-19/h4-9,12H,3,14H2,1-2H3,(H,18,20)/t9-,12-/m0/s1. The molecule has 0 radical (unpaired) electrons. The van der Waals surface area contributed by atoms with E-state index < -0.39 is 6.04 Å². The summed E-state index contributed by atoms with van der Waals surface area (Å²) < 4.78 is 1.54. The van der Waals surface area contributed by atoms with Crippen molar-refractivity contribution in [3.05, 3.63) is 31.0 Å². The van der Waals surface area contributed by atoms with Gasteiger partial charge in [-0.25, -0.2) is 14.6 Å². The Morgan fingerprint density at radius 2 is 2.30 bits per heavy atom. The van der Waals surface area contributed by atoms with Crippen LogP contribution in [0.15, 0.2) is 31.0 Å². The normalized spacial score (nSPS) is 13.8. The summed E-state index contributed by atoms with van der Waals surface area (Å²) in [6.07, 6.45) is 5.41. The number of carbonyl (C=O) groups excluding carboxylic acids is 1. The zero-order valence-corrected chi connectivity index (χ0v) is 11.5. The predicted octanol–water partition coefficient (Wildman–Crippen LogP) is 0.974. The van der Waals surface area contributed by atoms with Gasteiger partial charge in [-0.15, -0.1) is 0 Å². The highest BCUT2D eigenvalue weighted by molar-refractivity contribution is 5.94. The highest BCUT2D eigenvalue weighted by Gasteiger charge is 2.19. The largest absolute Gasteiger partial charge is 0.323 e. The van der Waals surface area contributed by atoms with E-state index in [1.165, 1.54) is 11.0 Å². The van der Waals surface area contributed by atoms with Crippen molar-refractivity contribution >= 4 is 11.6 Å². The van der Waals surface area contributed by atoms with Crippen LogP contribution in [-0.2, 0) is 4.79 Å². The summed E-state index contributed by atoms with van der Waals surface area (Å²) >= 11 is 0. The molecule has 0 spiro atoms. The van der Waals surface area contributed by atoms with Gasteiger partial charge >= 0.3 is 0 Å². The number of amides is 1. The molecular weight excluding hydrogens is 256 g/mol. The third kappa shape index (κ3) is 3.18. The van der Waals surface area contributed by atoms with E-state index in [1.54, 1.807) is 24.7 Å². The van der Waals surface area contributed by atoms with Gasteiger partial charge in [-0.05, 0) is 18.1 Å². The SMILES string of the molecule is CC[C@H](C)[C@H](N)C(=O)Nc1ccc(-n2cncn2)nc1. The number of hydrogen-bond donors (Lipinski definition) is 2. The maximum atomic E-state index is 11.9. The molecule has 2 heterocycles. The molecule has 2 atom stereocenters. The van der Waals surface area contributed by atoms with Crippen LogP contribution >= 0.6 is 0 Å². The highest BCUT2D eigenvalue weighted by Crippen LogP contribution is 2.11. The van der Waals surface area contributed by atoms with E-state index in [1.807, 2.05) is 13.8 Å². The Balaban J connectivity index is 2.02. The monoisotopic (exact) mass is 274 g/mol. The van der Waals surface area contributed by atoms with Gasteiger partial charge < -0.3 is 11.1 Å². The third-order valence-corrected chi connectivity index (χ3v) is 3.23. The molecule has 0 fully saturated rings. The molecule has 0 saturated carbocycles. The van der Waals surface area contributed by atoms with Crippen molar-refractivity contribution in [3.8, 4) is 5.82 Å². The number of carbonyl (C=O) groups is 1. The molecule has 7 nitrogen and oxygen atoms in total. The van der Waals surface area contributed by atoms with Gasteiger partial charge in [0, 0.05) is 0 Å². The highest BCUT2D eigenvalue weighted by atomic mass is 16.2. The summed E-state index contributed by atoms with van der Waals surface area (Å²) in [5, 5.41) is 6.73. The second-order valence-corrected chi connectivity index (χ2v) is 4.65. The van der Waals surface area contributed by atoms with Gasteiger partial charge in [-0.2, -0.15) is 5.10 Å². The summed E-state index contributed by atoms with van der Waals surface area (Å²) in [6, 6.07) is 2.99. The molecule has 0 aliphatic carbocycles. The van der Waals surface area contributed by atoms with Crippen LogP contribution in [0.1, 0.15) is 20.3 Å². The number of anilines is 1. The van der Waals surface area contributed by atoms with Gasteiger partial charge in [0.25, 0.3) is 0 Å². The first-order valence-electron chi connectivity index (χ1n) is 6.49. The molecule has 2 aromatic heterocycles. The average molecular weight is 274 g/mol. The number of nitrogens with one attached hydrogen (secondary N) is 1. The number of hydrogen-bond acceptors (Lipinski definition) is 5. The predicted molar refractivity (Wildman–Crippen MR) is 75.2 cm³/mol. The molecule has 1 amide bonds. The lowest BCUT2D eigenvalue weighted by atomic mass is 9.99. The maximum absolute atomic E-state index is 11.9. The Morgan fingerprint density at radius 3 is 2.85 bits per heavy atom. The van der Waals surface area contributed by atoms with E-state index >= 15 is 0 Å². The van der Waals surface area contributed by atoms with Crippen LogP contribution in [0.2, 0.25) is 0 Å². The zero-order valence-electron chi connectivity index (χ0n) is 11.5. The number of pyridine rings is 1. The first-order valence-corrected chi connectivity index (χ1v) is 6.49. The second kappa shape index (κ2) is 6.25. The van der Waals surface area contributed by atoms with Gasteiger partial charge in [0.2, 0.25) is 5.91 Å². The lowest BCUT2D eigenvalue weighted by Crippen LogP contribution is -2.40. The Labute approximate surface area is 117 Å². The first kappa shape index (κ1) is 14.1. The van der Waals surface area contributed by atoms with Crippen molar-refractivity contribution in [2.24, 2.45) is 11.7 Å². The molecule has 0 aliphatic heterocycles. The summed E-state index contributed by atoms with van der Waals surface area (Å²) in [5.74, 6) is 0.568. The molecular formula is C13H18N6O. The van der Waals surface area contributed by atoms with Crippen molar-refractivity contribution in [1.82, 2.24) is 19.7 Å². The van der Waals surface area contributed by atoms with Crippen molar-refractivity contribution in [2.75, 3.05) is 5.32 Å². The lowest BCUT2D eigenvalue weighted by Gasteiger charge is -2.17. The van der Waals surface area contributed by atoms with Crippen molar-refractivity contribution in [1.29, 1.82) is 0 Å². The van der Waals surface area contributed by atoms with Crippen LogP contribution in [0, 0.1) is 5.92 Å². The Morgan fingerprint density at radius 1 is 1.50 bits per heavy atom. The molecule has 0 aliphatic rings. The topological polar surface area (TPSA) is 98.7 Å². The van der Waals surface area contributed by atoms with Crippen LogP contribution in [0.3, 0.4) is 0 Å². The smallest absolute Gasteiger partial charge is 0.241 e. The second-order valence-electron chi connectivity index (χ2n) is 4.65. The minimum absolute atomic E-state index is 0.136. The van der Waals surface area contributed by atoms with Crippen LogP contribution < -0.4 is 11.1 Å². The van der Waals surface area contributed by atoms with E-state index in [0.717, 1.165) is 6.42 Å². The fourth-order valence-corrected chi connectivity index (χ4v) is 1.66. The van der Waals surface area contributed by atoms with E-state index in [2.05, 4.69) is 20.4 Å². The van der Waals surface area contributed by atoms with E-state index in [-0.39, 0.29) is 11.8 Å². The zero-order chi connectivity index (χ0) is 14.5. The Kier molecular flexibility index (Phi) is 4.41. The molecule has 0 saturated heterocycles. The van der Waals surface area contributed by atoms with E-state index in [9.17, 15) is 4.79 Å². The van der Waals surface area contributed by atoms with Crippen LogP contribution in [0.4, 0.5) is 5.69 Å². The summed E-state index contributed by atoms with van der Waals surface area (Å²) in [6.45, 7) is 3.96. The molecule has 7 heteroatoms. The fraction of sp³-hybridized carbons (Fsp3) is 0.385. The number of nitrogens with zero attached hydrogens (tertiary/aromatic N) is 4. The summed E-state index contributed by atoms with van der Waals surface area (Å²) in [4.78, 5) is 20.0. The van der Waals surface area contributed by atoms with Crippen LogP contribution in [-0.4, -0.2) is 31.7 Å². The molecule has 20 heavy (non-hydrogen) atoms. The van der Waals surface area contributed by atoms with E-state index in [4.69, 9.17) is 5.73 Å². The lowest BCUT2D eigenvalue weighted by molar-refractivity contribution is -0.118. The quantitative estimate of drug-likeness (QED) is 0.846. The van der Waals surface area contributed by atoms with Gasteiger partial charge in [-0.1, -0.05) is 20.3 Å². The van der Waals surface area contributed by atoms with Gasteiger partial charge in [0.05, 0.1) is 17.9 Å². The molecule has 106 valence electrons. The third-order valence-electron chi connectivity index (χ3n) is 3.23. The fourth-order valence-electron chi connectivity index (χ4n) is 1.66. The van der Waals surface area contributed by atoms with Crippen LogP contribution in [0.5, 0.6) is 0 Å². The minimum Gasteiger partial charge on any atom is -0.323 e. The number of rotatable bonds is 5. The average Bonchev–Trinajstić information content (AvgIpc) is 3.00. The van der Waals surface area contributed by atoms with Crippen molar-refractivity contribution < 1.29 is 4.79 Å². The van der Waals surface area contributed by atoms with Crippen LogP contribution in [0.25, 0.3) is 5.82 Å². The number of nitrogens with two attached hydrogens (primary N) is 1. The maximum Gasteiger partial charge on any atom is 0.241 e. The number of aromatic nitrogens is 4. The Hall–Kier alpha value is -2.28.